The van der Waals surface area contributed by atoms with Gasteiger partial charge < -0.3 is 10.1 Å². The number of nitrogens with two attached hydrogens (primary N) is 1. The van der Waals surface area contributed by atoms with Crippen LogP contribution in [0.5, 0.6) is 0 Å². The van der Waals surface area contributed by atoms with Crippen molar-refractivity contribution in [3.05, 3.63) is 17.0 Å². The fourth-order valence-corrected chi connectivity index (χ4v) is 5.57. The highest BCUT2D eigenvalue weighted by atomic mass is 35.5. The molecule has 7 nitrogen and oxygen atoms in total. The molecular formula is C13H18ClN3O4S3. The van der Waals surface area contributed by atoms with Gasteiger partial charge in [0.1, 0.15) is 4.21 Å². The molecule has 0 radical (unpaired) electrons. The van der Waals surface area contributed by atoms with Crippen LogP contribution in [0, 0.1) is 0 Å². The summed E-state index contributed by atoms with van der Waals surface area (Å²) in [5.41, 5.74) is 0. The van der Waals surface area contributed by atoms with E-state index in [1.165, 1.54) is 17.4 Å². The van der Waals surface area contributed by atoms with Gasteiger partial charge in [-0.25, -0.2) is 13.6 Å². The highest BCUT2D eigenvalue weighted by Crippen LogP contribution is 2.35. The standard InChI is InChI=1S/C13H17N3O4S3.ClH/c14-23(18,19)11-8-9-7-10(21-13(9)22-11)12(17)15-1-2-16-3-5-20-6-4-16;/h7-8H,1-6H2,(H,15,17)(H2,14,18,19);1H. The second-order valence-corrected chi connectivity index (χ2v) is 9.32. The van der Waals surface area contributed by atoms with Crippen molar-refractivity contribution in [2.24, 2.45) is 5.14 Å². The summed E-state index contributed by atoms with van der Waals surface area (Å²) < 4.78 is 28.8. The molecule has 1 saturated heterocycles. The molecule has 1 aliphatic heterocycles. The molecule has 0 atom stereocenters. The highest BCUT2D eigenvalue weighted by Gasteiger charge is 2.17. The average molecular weight is 412 g/mol. The topological polar surface area (TPSA) is 102 Å². The maximum atomic E-state index is 12.2. The summed E-state index contributed by atoms with van der Waals surface area (Å²) in [5, 5.41) is 8.74. The first-order chi connectivity index (χ1) is 10.9. The van der Waals surface area contributed by atoms with Crippen molar-refractivity contribution >= 4 is 60.4 Å². The van der Waals surface area contributed by atoms with Crippen LogP contribution in [0.4, 0.5) is 0 Å². The molecule has 11 heteroatoms. The van der Waals surface area contributed by atoms with Crippen LogP contribution in [0.25, 0.3) is 9.40 Å². The van der Waals surface area contributed by atoms with Gasteiger partial charge in [0, 0.05) is 31.6 Å². The van der Waals surface area contributed by atoms with E-state index < -0.39 is 10.0 Å². The van der Waals surface area contributed by atoms with E-state index in [1.54, 1.807) is 6.07 Å². The van der Waals surface area contributed by atoms with Crippen molar-refractivity contribution in [1.82, 2.24) is 10.2 Å². The van der Waals surface area contributed by atoms with Crippen LogP contribution >= 0.6 is 35.1 Å². The smallest absolute Gasteiger partial charge is 0.261 e. The highest BCUT2D eigenvalue weighted by molar-refractivity contribution is 7.91. The van der Waals surface area contributed by atoms with Gasteiger partial charge in [0.05, 0.1) is 22.1 Å². The van der Waals surface area contributed by atoms with Crippen molar-refractivity contribution in [2.75, 3.05) is 39.4 Å². The number of nitrogens with zero attached hydrogens (tertiary/aromatic N) is 1. The Labute approximate surface area is 154 Å². The Balaban J connectivity index is 0.00000208. The SMILES string of the molecule is Cl.NS(=O)(=O)c1cc2cc(C(=O)NCCN3CCOCC3)sc2s1. The summed E-state index contributed by atoms with van der Waals surface area (Å²) in [6.07, 6.45) is 0. The number of hydrogen-bond acceptors (Lipinski definition) is 7. The number of carbonyl (C=O) groups excluding carboxylic acids is 1. The number of morpholine rings is 1. The van der Waals surface area contributed by atoms with E-state index in [1.807, 2.05) is 0 Å². The van der Waals surface area contributed by atoms with Crippen molar-refractivity contribution in [3.8, 4) is 0 Å². The van der Waals surface area contributed by atoms with E-state index in [2.05, 4.69) is 10.2 Å². The zero-order valence-corrected chi connectivity index (χ0v) is 16.0. The zero-order chi connectivity index (χ0) is 16.4. The predicted molar refractivity (Wildman–Crippen MR) is 97.9 cm³/mol. The molecule has 1 aliphatic rings. The molecule has 0 aliphatic carbocycles. The number of halogens is 1. The molecule has 0 saturated carbocycles. The Kier molecular flexibility index (Phi) is 6.59. The minimum atomic E-state index is -3.69. The lowest BCUT2D eigenvalue weighted by Gasteiger charge is -2.26. The second kappa shape index (κ2) is 8.09. The Morgan fingerprint density at radius 1 is 1.29 bits per heavy atom. The van der Waals surface area contributed by atoms with Crippen LogP contribution in [0.15, 0.2) is 16.3 Å². The molecule has 0 spiro atoms. The lowest BCUT2D eigenvalue weighted by Crippen LogP contribution is -2.41. The van der Waals surface area contributed by atoms with Gasteiger partial charge in [0.15, 0.2) is 0 Å². The van der Waals surface area contributed by atoms with Crippen LogP contribution in [-0.4, -0.2) is 58.6 Å². The number of primary sulfonamides is 1. The van der Waals surface area contributed by atoms with Gasteiger partial charge in [-0.3, -0.25) is 9.69 Å². The summed E-state index contributed by atoms with van der Waals surface area (Å²) in [5.74, 6) is -0.135. The normalized spacial score (nSPS) is 16.0. The number of fused-ring (bicyclic) bond motifs is 1. The van der Waals surface area contributed by atoms with Crippen molar-refractivity contribution in [3.63, 3.8) is 0 Å². The van der Waals surface area contributed by atoms with E-state index in [0.29, 0.717) is 11.4 Å². The number of carbonyl (C=O) groups is 1. The first-order valence-electron chi connectivity index (χ1n) is 7.08. The van der Waals surface area contributed by atoms with Crippen LogP contribution in [-0.2, 0) is 14.8 Å². The van der Waals surface area contributed by atoms with E-state index >= 15 is 0 Å². The third-order valence-corrected chi connectivity index (χ3v) is 7.32. The van der Waals surface area contributed by atoms with Crippen molar-refractivity contribution in [2.45, 2.75) is 4.21 Å². The summed E-state index contributed by atoms with van der Waals surface area (Å²) >= 11 is 2.37. The van der Waals surface area contributed by atoms with Gasteiger partial charge in [-0.15, -0.1) is 35.1 Å². The average Bonchev–Trinajstić information content (AvgIpc) is 3.06. The summed E-state index contributed by atoms with van der Waals surface area (Å²) in [7, 11) is -3.69. The summed E-state index contributed by atoms with van der Waals surface area (Å²) in [6, 6.07) is 3.21. The van der Waals surface area contributed by atoms with E-state index in [9.17, 15) is 13.2 Å². The molecule has 24 heavy (non-hydrogen) atoms. The molecule has 3 rings (SSSR count). The van der Waals surface area contributed by atoms with E-state index in [0.717, 1.165) is 53.6 Å². The molecule has 0 bridgehead atoms. The molecular weight excluding hydrogens is 394 g/mol. The summed E-state index contributed by atoms with van der Waals surface area (Å²) in [6.45, 7) is 4.63. The molecule has 3 N–H and O–H groups in total. The molecule has 2 aromatic rings. The number of sulfonamides is 1. The van der Waals surface area contributed by atoms with Crippen LogP contribution in [0.2, 0.25) is 0 Å². The minimum absolute atomic E-state index is 0. The van der Waals surface area contributed by atoms with Crippen molar-refractivity contribution < 1.29 is 17.9 Å². The first kappa shape index (κ1) is 19.6. The number of amides is 1. The molecule has 0 aromatic carbocycles. The van der Waals surface area contributed by atoms with Crippen molar-refractivity contribution in [1.29, 1.82) is 0 Å². The van der Waals surface area contributed by atoms with Gasteiger partial charge >= 0.3 is 0 Å². The quantitative estimate of drug-likeness (QED) is 0.766. The largest absolute Gasteiger partial charge is 0.379 e. The fourth-order valence-electron chi connectivity index (χ4n) is 2.31. The minimum Gasteiger partial charge on any atom is -0.379 e. The number of ether oxygens (including phenoxy) is 1. The first-order valence-corrected chi connectivity index (χ1v) is 10.3. The van der Waals surface area contributed by atoms with Crippen LogP contribution in [0.3, 0.4) is 0 Å². The molecule has 2 aromatic heterocycles. The van der Waals surface area contributed by atoms with Gasteiger partial charge in [-0.1, -0.05) is 0 Å². The third-order valence-electron chi connectivity index (χ3n) is 3.51. The maximum Gasteiger partial charge on any atom is 0.261 e. The van der Waals surface area contributed by atoms with Gasteiger partial charge in [-0.05, 0) is 12.1 Å². The Morgan fingerprint density at radius 2 is 2.00 bits per heavy atom. The number of hydrogen-bond donors (Lipinski definition) is 2. The lowest BCUT2D eigenvalue weighted by molar-refractivity contribution is 0.0383. The number of nitrogens with one attached hydrogen (secondary N) is 1. The Bertz CT molecular complexity index is 780. The van der Waals surface area contributed by atoms with Gasteiger partial charge in [0.2, 0.25) is 10.0 Å². The number of thiophene rings is 2. The molecule has 3 heterocycles. The Morgan fingerprint density at radius 3 is 2.62 bits per heavy atom. The van der Waals surface area contributed by atoms with Gasteiger partial charge in [0.25, 0.3) is 5.91 Å². The van der Waals surface area contributed by atoms with Gasteiger partial charge in [-0.2, -0.15) is 0 Å². The second-order valence-electron chi connectivity index (χ2n) is 5.17. The molecule has 1 amide bonds. The maximum absolute atomic E-state index is 12.2. The molecule has 1 fully saturated rings. The van der Waals surface area contributed by atoms with Crippen LogP contribution < -0.4 is 10.5 Å². The zero-order valence-electron chi connectivity index (χ0n) is 12.7. The number of rotatable bonds is 5. The van der Waals surface area contributed by atoms with E-state index in [4.69, 9.17) is 9.88 Å². The lowest BCUT2D eigenvalue weighted by atomic mass is 10.3. The molecule has 134 valence electrons. The fraction of sp³-hybridized carbons (Fsp3) is 0.462. The monoisotopic (exact) mass is 411 g/mol. The molecule has 0 unspecified atom stereocenters. The van der Waals surface area contributed by atoms with E-state index in [-0.39, 0.29) is 22.5 Å². The van der Waals surface area contributed by atoms with Crippen LogP contribution in [0.1, 0.15) is 9.67 Å². The Hall–Kier alpha value is -0.750. The predicted octanol–water partition coefficient (Wildman–Crippen LogP) is 1.09. The third kappa shape index (κ3) is 4.66. The summed E-state index contributed by atoms with van der Waals surface area (Å²) in [4.78, 5) is 15.0.